The van der Waals surface area contributed by atoms with Gasteiger partial charge < -0.3 is 5.32 Å². The number of thiophene rings is 1. The molecule has 0 radical (unpaired) electrons. The summed E-state index contributed by atoms with van der Waals surface area (Å²) in [6.07, 6.45) is -0.927. The molecular weight excluding hydrogens is 547 g/mol. The molecule has 0 spiro atoms. The third kappa shape index (κ3) is 4.21. The van der Waals surface area contributed by atoms with Gasteiger partial charge in [0.1, 0.15) is 11.5 Å². The number of carbonyl (C=O) groups is 1. The zero-order valence-electron chi connectivity index (χ0n) is 21.9. The molecule has 206 valence electrons. The predicted molar refractivity (Wildman–Crippen MR) is 152 cm³/mol. The molecule has 0 unspecified atom stereocenters. The molecule has 4 heterocycles. The monoisotopic (exact) mass is 571 g/mol. The van der Waals surface area contributed by atoms with E-state index in [0.29, 0.717) is 41.9 Å². The molecule has 1 aliphatic carbocycles. The van der Waals surface area contributed by atoms with E-state index in [-0.39, 0.29) is 11.5 Å². The van der Waals surface area contributed by atoms with Gasteiger partial charge in [-0.05, 0) is 55.5 Å². The first-order chi connectivity index (χ1) is 19.8. The number of alkyl halides is 3. The summed E-state index contributed by atoms with van der Waals surface area (Å²) in [6.45, 7) is 1.78. The quantitative estimate of drug-likeness (QED) is 0.240. The highest BCUT2D eigenvalue weighted by Crippen LogP contribution is 2.50. The van der Waals surface area contributed by atoms with Crippen LogP contribution in [0.1, 0.15) is 47.6 Å². The van der Waals surface area contributed by atoms with Gasteiger partial charge in [-0.3, -0.25) is 4.79 Å². The van der Waals surface area contributed by atoms with E-state index in [0.717, 1.165) is 33.6 Å². The Kier molecular flexibility index (Phi) is 5.97. The number of aryl methyl sites for hydroxylation is 1. The summed E-state index contributed by atoms with van der Waals surface area (Å²) in [5.41, 5.74) is 4.16. The van der Waals surface area contributed by atoms with Crippen molar-refractivity contribution in [1.29, 1.82) is 0 Å². The summed E-state index contributed by atoms with van der Waals surface area (Å²) in [6, 6.07) is 19.1. The fourth-order valence-electron chi connectivity index (χ4n) is 5.92. The third-order valence-electron chi connectivity index (χ3n) is 7.68. The van der Waals surface area contributed by atoms with E-state index < -0.39 is 17.7 Å². The number of para-hydroxylation sites is 2. The van der Waals surface area contributed by atoms with E-state index in [1.54, 1.807) is 29.0 Å². The molecule has 3 aromatic heterocycles. The van der Waals surface area contributed by atoms with Crippen molar-refractivity contribution in [2.24, 2.45) is 0 Å². The summed E-state index contributed by atoms with van der Waals surface area (Å²) < 4.78 is 45.4. The Morgan fingerprint density at radius 1 is 0.976 bits per heavy atom. The van der Waals surface area contributed by atoms with Gasteiger partial charge in [0, 0.05) is 40.9 Å². The first kappa shape index (κ1) is 25.5. The molecule has 41 heavy (non-hydrogen) atoms. The number of aromatic nitrogens is 4. The number of fused-ring (bicyclic) bond motifs is 1. The molecular formula is C31H24F3N5OS. The average molecular weight is 572 g/mol. The minimum atomic E-state index is -4.56. The average Bonchev–Trinajstić information content (AvgIpc) is 3.72. The summed E-state index contributed by atoms with van der Waals surface area (Å²) >= 11 is 1.55. The molecule has 5 aromatic rings. The van der Waals surface area contributed by atoms with Crippen LogP contribution in [0.5, 0.6) is 0 Å². The zero-order chi connectivity index (χ0) is 28.3. The van der Waals surface area contributed by atoms with Crippen LogP contribution < -0.4 is 5.32 Å². The number of rotatable bonds is 4. The number of nitrogens with one attached hydrogen (secondary N) is 1. The Bertz CT molecular complexity index is 1820. The Hall–Kier alpha value is -4.44. The molecule has 7 rings (SSSR count). The second-order valence-electron chi connectivity index (χ2n) is 10.2. The Labute approximate surface area is 237 Å². The van der Waals surface area contributed by atoms with Crippen molar-refractivity contribution >= 4 is 22.9 Å². The van der Waals surface area contributed by atoms with Gasteiger partial charge in [0.15, 0.2) is 5.78 Å². The molecule has 1 atom stereocenters. The molecule has 0 fully saturated rings. The number of halogens is 3. The number of ketones is 1. The van der Waals surface area contributed by atoms with Crippen molar-refractivity contribution in [3.63, 3.8) is 0 Å². The predicted octanol–water partition coefficient (Wildman–Crippen LogP) is 7.68. The fourth-order valence-corrected chi connectivity index (χ4v) is 6.65. The van der Waals surface area contributed by atoms with E-state index in [1.807, 2.05) is 54.0 Å². The van der Waals surface area contributed by atoms with Gasteiger partial charge in [-0.2, -0.15) is 23.4 Å². The molecule has 0 saturated heterocycles. The molecule has 0 bridgehead atoms. The maximum Gasteiger partial charge on any atom is 0.418 e. The summed E-state index contributed by atoms with van der Waals surface area (Å²) in [5.74, 6) is -0.0699. The lowest BCUT2D eigenvalue weighted by Gasteiger charge is -2.32. The van der Waals surface area contributed by atoms with E-state index >= 15 is 0 Å². The summed E-state index contributed by atoms with van der Waals surface area (Å²) in [4.78, 5) is 14.5. The standard InChI is InChI=1S/C31H24F3N5OS/c1-18-26-27(20-17-38(19-9-3-2-4-10-19)37-29(20)25-15-8-16-41-25)28-22(12-7-14-24(28)40)35-30(26)39(36-18)23-13-6-5-11-21(23)31(32,33)34/h2-6,8-11,13,15-17,27,35H,7,12,14H2,1H3/t27-/m1/s1. The van der Waals surface area contributed by atoms with Gasteiger partial charge in [0.05, 0.1) is 27.5 Å². The van der Waals surface area contributed by atoms with Crippen LogP contribution in [-0.2, 0) is 11.0 Å². The number of allylic oxidation sites excluding steroid dienone is 2. The van der Waals surface area contributed by atoms with Crippen molar-refractivity contribution < 1.29 is 18.0 Å². The number of Topliss-reactive ketones (excluding diaryl/α,β-unsaturated/α-hetero) is 1. The van der Waals surface area contributed by atoms with Crippen LogP contribution in [0.4, 0.5) is 19.0 Å². The fraction of sp³-hybridized carbons (Fsp3) is 0.194. The molecule has 0 amide bonds. The highest BCUT2D eigenvalue weighted by atomic mass is 32.1. The van der Waals surface area contributed by atoms with Gasteiger partial charge in [0.2, 0.25) is 0 Å². The second-order valence-corrected chi connectivity index (χ2v) is 11.1. The highest BCUT2D eigenvalue weighted by molar-refractivity contribution is 7.13. The Morgan fingerprint density at radius 3 is 2.51 bits per heavy atom. The van der Waals surface area contributed by atoms with Crippen molar-refractivity contribution in [3.05, 3.63) is 112 Å². The number of carbonyl (C=O) groups excluding carboxylic acids is 1. The maximum absolute atomic E-state index is 14.1. The maximum atomic E-state index is 14.1. The molecule has 0 saturated carbocycles. The van der Waals surface area contributed by atoms with Crippen LogP contribution in [-0.4, -0.2) is 25.3 Å². The van der Waals surface area contributed by atoms with E-state index in [9.17, 15) is 18.0 Å². The van der Waals surface area contributed by atoms with Crippen LogP contribution in [0, 0.1) is 6.92 Å². The van der Waals surface area contributed by atoms with Crippen LogP contribution in [0.2, 0.25) is 0 Å². The van der Waals surface area contributed by atoms with Crippen LogP contribution in [0.15, 0.2) is 89.6 Å². The molecule has 1 aliphatic heterocycles. The first-order valence-electron chi connectivity index (χ1n) is 13.3. The van der Waals surface area contributed by atoms with Gasteiger partial charge in [-0.25, -0.2) is 9.36 Å². The van der Waals surface area contributed by atoms with Crippen molar-refractivity contribution in [3.8, 4) is 21.9 Å². The van der Waals surface area contributed by atoms with Crippen LogP contribution in [0.25, 0.3) is 21.9 Å². The number of nitrogens with zero attached hydrogens (tertiary/aromatic N) is 4. The number of anilines is 1. The van der Waals surface area contributed by atoms with Gasteiger partial charge in [-0.1, -0.05) is 36.4 Å². The molecule has 1 N–H and O–H groups in total. The highest BCUT2D eigenvalue weighted by Gasteiger charge is 2.42. The van der Waals surface area contributed by atoms with Crippen molar-refractivity contribution in [2.45, 2.75) is 38.3 Å². The van der Waals surface area contributed by atoms with Crippen LogP contribution >= 0.6 is 11.3 Å². The van der Waals surface area contributed by atoms with Gasteiger partial charge in [0.25, 0.3) is 0 Å². The minimum absolute atomic E-state index is 0.0295. The van der Waals surface area contributed by atoms with Gasteiger partial charge >= 0.3 is 6.18 Å². The number of benzene rings is 2. The van der Waals surface area contributed by atoms with E-state index in [4.69, 9.17) is 5.10 Å². The van der Waals surface area contributed by atoms with Gasteiger partial charge in [-0.15, -0.1) is 11.3 Å². The largest absolute Gasteiger partial charge is 0.418 e. The molecule has 2 aromatic carbocycles. The minimum Gasteiger partial charge on any atom is -0.343 e. The first-order valence-corrected chi connectivity index (χ1v) is 14.2. The zero-order valence-corrected chi connectivity index (χ0v) is 22.8. The Morgan fingerprint density at radius 2 is 1.76 bits per heavy atom. The number of hydrogen-bond donors (Lipinski definition) is 1. The molecule has 10 heteroatoms. The van der Waals surface area contributed by atoms with Crippen molar-refractivity contribution in [2.75, 3.05) is 5.32 Å². The van der Waals surface area contributed by atoms with E-state index in [2.05, 4.69) is 10.4 Å². The van der Waals surface area contributed by atoms with Crippen molar-refractivity contribution in [1.82, 2.24) is 19.6 Å². The lowest BCUT2D eigenvalue weighted by atomic mass is 9.76. The Balaban J connectivity index is 1.50. The third-order valence-corrected chi connectivity index (χ3v) is 8.55. The second kappa shape index (κ2) is 9.59. The lowest BCUT2D eigenvalue weighted by molar-refractivity contribution is -0.137. The number of hydrogen-bond acceptors (Lipinski definition) is 5. The smallest absolute Gasteiger partial charge is 0.343 e. The normalized spacial score (nSPS) is 16.9. The molecule has 6 nitrogen and oxygen atoms in total. The summed E-state index contributed by atoms with van der Waals surface area (Å²) in [5, 5.41) is 14.9. The lowest BCUT2D eigenvalue weighted by Crippen LogP contribution is -2.28. The topological polar surface area (TPSA) is 64.7 Å². The summed E-state index contributed by atoms with van der Waals surface area (Å²) in [7, 11) is 0. The van der Waals surface area contributed by atoms with Crippen LogP contribution in [0.3, 0.4) is 0 Å². The van der Waals surface area contributed by atoms with E-state index in [1.165, 1.54) is 16.8 Å². The molecule has 2 aliphatic rings. The SMILES string of the molecule is Cc1nn(-c2ccccc2C(F)(F)F)c2c1[C@@H](c1cn(-c3ccccc3)nc1-c1cccs1)C1=C(CCCC1=O)N2.